The van der Waals surface area contributed by atoms with Crippen LogP contribution in [0.25, 0.3) is 0 Å². The molecular weight excluding hydrogens is 253 g/mol. The molecule has 17 heavy (non-hydrogen) atoms. The highest BCUT2D eigenvalue weighted by molar-refractivity contribution is 6.99. The van der Waals surface area contributed by atoms with Gasteiger partial charge in [0.2, 0.25) is 0 Å². The zero-order chi connectivity index (χ0) is 13.4. The Balaban J connectivity index is 3.34. The fraction of sp³-hybridized carbons (Fsp3) is 0.600. The van der Waals surface area contributed by atoms with Crippen LogP contribution in [0.5, 0.6) is 0 Å². The average Bonchev–Trinajstić information content (AvgIpc) is 2.06. The summed E-state index contributed by atoms with van der Waals surface area (Å²) < 4.78 is 15.2. The van der Waals surface area contributed by atoms with Gasteiger partial charge in [0.05, 0.1) is 0 Å². The molecular formula is C10H20FN3OSi2. The fourth-order valence-electron chi connectivity index (χ4n) is 2.20. The zero-order valence-electron chi connectivity index (χ0n) is 11.3. The first-order valence-electron chi connectivity index (χ1n) is 5.60. The van der Waals surface area contributed by atoms with Gasteiger partial charge in [-0.25, -0.2) is 4.79 Å². The summed E-state index contributed by atoms with van der Waals surface area (Å²) >= 11 is 0. The molecule has 0 fully saturated rings. The molecule has 0 bridgehead atoms. The summed E-state index contributed by atoms with van der Waals surface area (Å²) in [4.78, 5) is 15.1. The third-order valence-electron chi connectivity index (χ3n) is 2.32. The van der Waals surface area contributed by atoms with Crippen molar-refractivity contribution >= 4 is 22.3 Å². The molecule has 0 spiro atoms. The Bertz CT molecular complexity index is 448. The van der Waals surface area contributed by atoms with E-state index in [0.29, 0.717) is 5.82 Å². The largest absolute Gasteiger partial charge is 0.409 e. The Kier molecular flexibility index (Phi) is 3.63. The van der Waals surface area contributed by atoms with Crippen molar-refractivity contribution in [3.8, 4) is 0 Å². The van der Waals surface area contributed by atoms with Crippen LogP contribution in [0, 0.1) is 0 Å². The number of nitrogens with zero attached hydrogens (tertiary/aromatic N) is 3. The SMILES string of the molecule is C[Si](C)(C)N(c1ccn(F)c(=O)n1)[Si](C)(C)C. The third-order valence-corrected chi connectivity index (χ3v) is 9.48. The normalized spacial score (nSPS) is 12.6. The highest BCUT2D eigenvalue weighted by Crippen LogP contribution is 2.25. The Morgan fingerprint density at radius 2 is 1.65 bits per heavy atom. The lowest BCUT2D eigenvalue weighted by Crippen LogP contribution is -2.60. The predicted molar refractivity (Wildman–Crippen MR) is 74.2 cm³/mol. The summed E-state index contributed by atoms with van der Waals surface area (Å²) in [6.07, 6.45) is 1.14. The molecule has 0 aliphatic rings. The molecule has 1 rings (SSSR count). The Morgan fingerprint density at radius 3 is 2.00 bits per heavy atom. The van der Waals surface area contributed by atoms with Crippen LogP contribution in [0.15, 0.2) is 17.1 Å². The number of hydrogen-bond acceptors (Lipinski definition) is 3. The van der Waals surface area contributed by atoms with Crippen molar-refractivity contribution in [2.75, 3.05) is 4.23 Å². The molecule has 0 aliphatic heterocycles. The lowest BCUT2D eigenvalue weighted by molar-refractivity contribution is 0.344. The van der Waals surface area contributed by atoms with Gasteiger partial charge in [0, 0.05) is 6.20 Å². The van der Waals surface area contributed by atoms with Crippen molar-refractivity contribution in [1.82, 2.24) is 9.77 Å². The monoisotopic (exact) mass is 273 g/mol. The van der Waals surface area contributed by atoms with E-state index in [0.717, 1.165) is 6.20 Å². The van der Waals surface area contributed by atoms with Crippen molar-refractivity contribution < 1.29 is 4.48 Å². The molecule has 4 nitrogen and oxygen atoms in total. The average molecular weight is 273 g/mol. The van der Waals surface area contributed by atoms with E-state index >= 15 is 0 Å². The van der Waals surface area contributed by atoms with Crippen LogP contribution in [-0.4, -0.2) is 26.2 Å². The predicted octanol–water partition coefficient (Wildman–Crippen LogP) is 2.45. The second-order valence-corrected chi connectivity index (χ2v) is 16.1. The molecule has 0 saturated carbocycles. The van der Waals surface area contributed by atoms with Gasteiger partial charge >= 0.3 is 5.69 Å². The Labute approximate surface area is 103 Å². The number of aromatic nitrogens is 2. The number of anilines is 1. The number of hydrogen-bond donors (Lipinski definition) is 0. The van der Waals surface area contributed by atoms with E-state index in [1.165, 1.54) is 0 Å². The van der Waals surface area contributed by atoms with E-state index in [1.54, 1.807) is 6.07 Å². The van der Waals surface area contributed by atoms with Crippen LogP contribution >= 0.6 is 0 Å². The van der Waals surface area contributed by atoms with E-state index in [-0.39, 0.29) is 4.79 Å². The molecule has 0 saturated heterocycles. The standard InChI is InChI=1S/C10H20FN3OSi2/c1-16(2,3)14(17(4,5)6)9-7-8-13(11)10(15)12-9/h7-8H,1-6H3. The van der Waals surface area contributed by atoms with Gasteiger partial charge in [-0.1, -0.05) is 43.8 Å². The molecule has 1 aromatic heterocycles. The summed E-state index contributed by atoms with van der Waals surface area (Å²) in [5.74, 6) is 0.613. The summed E-state index contributed by atoms with van der Waals surface area (Å²) in [5.41, 5.74) is -0.844. The fourth-order valence-corrected chi connectivity index (χ4v) is 11.9. The smallest absolute Gasteiger partial charge is 0.377 e. The minimum Gasteiger partial charge on any atom is -0.409 e. The van der Waals surface area contributed by atoms with Crippen molar-refractivity contribution in [2.45, 2.75) is 39.3 Å². The summed E-state index contributed by atoms with van der Waals surface area (Å²) in [6, 6.07) is 1.58. The van der Waals surface area contributed by atoms with Gasteiger partial charge in [0.25, 0.3) is 0 Å². The minimum absolute atomic E-state index is 0.0100. The topological polar surface area (TPSA) is 38.1 Å². The molecule has 96 valence electrons. The Morgan fingerprint density at radius 1 is 1.18 bits per heavy atom. The first-order chi connectivity index (χ1) is 7.53. The van der Waals surface area contributed by atoms with E-state index in [9.17, 15) is 9.28 Å². The molecule has 1 aromatic rings. The molecule has 0 atom stereocenters. The second-order valence-electron chi connectivity index (χ2n) is 6.06. The Hall–Kier alpha value is -0.956. The van der Waals surface area contributed by atoms with Gasteiger partial charge in [-0.2, -0.15) is 4.98 Å². The van der Waals surface area contributed by atoms with Gasteiger partial charge in [-0.15, -0.1) is 4.79 Å². The van der Waals surface area contributed by atoms with Crippen molar-refractivity contribution in [2.24, 2.45) is 0 Å². The molecule has 0 N–H and O–H groups in total. The van der Waals surface area contributed by atoms with Crippen LogP contribution in [0.2, 0.25) is 39.3 Å². The highest BCUT2D eigenvalue weighted by atomic mass is 28.4. The van der Waals surface area contributed by atoms with Crippen LogP contribution in [-0.2, 0) is 0 Å². The summed E-state index contributed by atoms with van der Waals surface area (Å²) in [6.45, 7) is 13.2. The maximum Gasteiger partial charge on any atom is 0.377 e. The zero-order valence-corrected chi connectivity index (χ0v) is 13.3. The lowest BCUT2D eigenvalue weighted by atomic mass is 10.6. The molecule has 7 heteroatoms. The van der Waals surface area contributed by atoms with Crippen LogP contribution in [0.3, 0.4) is 0 Å². The van der Waals surface area contributed by atoms with Gasteiger partial charge in [0.1, 0.15) is 22.3 Å². The molecule has 0 radical (unpaired) electrons. The lowest BCUT2D eigenvalue weighted by Gasteiger charge is -2.44. The molecule has 0 unspecified atom stereocenters. The quantitative estimate of drug-likeness (QED) is 0.794. The van der Waals surface area contributed by atoms with Gasteiger partial charge in [0.15, 0.2) is 0 Å². The van der Waals surface area contributed by atoms with E-state index in [1.807, 2.05) is 0 Å². The van der Waals surface area contributed by atoms with E-state index < -0.39 is 22.2 Å². The molecule has 0 aromatic carbocycles. The maximum atomic E-state index is 12.9. The second kappa shape index (κ2) is 4.37. The first kappa shape index (κ1) is 14.1. The van der Waals surface area contributed by atoms with Crippen molar-refractivity contribution in [3.05, 3.63) is 22.7 Å². The van der Waals surface area contributed by atoms with Crippen molar-refractivity contribution in [3.63, 3.8) is 0 Å². The number of rotatable bonds is 3. The van der Waals surface area contributed by atoms with Crippen LogP contribution in [0.1, 0.15) is 0 Å². The minimum atomic E-state index is -1.64. The summed E-state index contributed by atoms with van der Waals surface area (Å²) in [7, 11) is -3.28. The van der Waals surface area contributed by atoms with Gasteiger partial charge in [-0.05, 0) is 6.07 Å². The molecule has 0 amide bonds. The highest BCUT2D eigenvalue weighted by Gasteiger charge is 2.35. The molecule has 0 aliphatic carbocycles. The van der Waals surface area contributed by atoms with Crippen molar-refractivity contribution in [1.29, 1.82) is 0 Å². The van der Waals surface area contributed by atoms with Gasteiger partial charge in [-0.3, -0.25) is 0 Å². The van der Waals surface area contributed by atoms with E-state index in [4.69, 9.17) is 0 Å². The van der Waals surface area contributed by atoms with Crippen LogP contribution < -0.4 is 9.92 Å². The first-order valence-corrected chi connectivity index (χ1v) is 12.5. The van der Waals surface area contributed by atoms with Crippen LogP contribution in [0.4, 0.5) is 10.3 Å². The summed E-state index contributed by atoms with van der Waals surface area (Å²) in [5, 5.41) is 0. The molecule has 1 heterocycles. The van der Waals surface area contributed by atoms with Gasteiger partial charge < -0.3 is 4.23 Å². The maximum absolute atomic E-state index is 12.9. The third kappa shape index (κ3) is 3.25. The van der Waals surface area contributed by atoms with E-state index in [2.05, 4.69) is 48.5 Å². The number of halogens is 1.